The van der Waals surface area contributed by atoms with E-state index in [1.165, 1.54) is 31.4 Å². The number of thioether (sulfide) groups is 1. The standard InChI is InChI=1S/C23H22O6S2/c1-29-19-9-13-21(14-10-19)31(27,28)16-23(26,22(24)25)15-30-20-11-7-18(8-12-20)17-5-3-2-4-6-17/h2-14,26H,15-16H2,1H3,(H,24,25). The van der Waals surface area contributed by atoms with Crippen LogP contribution >= 0.6 is 11.8 Å². The molecule has 31 heavy (non-hydrogen) atoms. The number of hydrogen-bond donors (Lipinski definition) is 2. The molecule has 3 aromatic rings. The highest BCUT2D eigenvalue weighted by Gasteiger charge is 2.41. The van der Waals surface area contributed by atoms with Crippen molar-refractivity contribution in [1.82, 2.24) is 0 Å². The van der Waals surface area contributed by atoms with E-state index in [2.05, 4.69) is 0 Å². The van der Waals surface area contributed by atoms with Gasteiger partial charge in [-0.3, -0.25) is 0 Å². The molecule has 0 heterocycles. The van der Waals surface area contributed by atoms with Crippen LogP contribution in [0.1, 0.15) is 0 Å². The number of ether oxygens (including phenoxy) is 1. The van der Waals surface area contributed by atoms with Crippen molar-refractivity contribution in [2.24, 2.45) is 0 Å². The second-order valence-electron chi connectivity index (χ2n) is 6.95. The van der Waals surface area contributed by atoms with Crippen LogP contribution in [0.3, 0.4) is 0 Å². The molecule has 1 unspecified atom stereocenters. The lowest BCUT2D eigenvalue weighted by Crippen LogP contribution is -2.47. The van der Waals surface area contributed by atoms with Crippen LogP contribution in [0.25, 0.3) is 11.1 Å². The van der Waals surface area contributed by atoms with E-state index >= 15 is 0 Å². The predicted molar refractivity (Wildman–Crippen MR) is 120 cm³/mol. The van der Waals surface area contributed by atoms with E-state index in [-0.39, 0.29) is 10.6 Å². The van der Waals surface area contributed by atoms with E-state index < -0.39 is 27.2 Å². The van der Waals surface area contributed by atoms with Gasteiger partial charge in [0.1, 0.15) is 5.75 Å². The Labute approximate surface area is 185 Å². The van der Waals surface area contributed by atoms with Crippen LogP contribution in [0.15, 0.2) is 88.7 Å². The minimum absolute atomic E-state index is 0.0785. The van der Waals surface area contributed by atoms with Gasteiger partial charge < -0.3 is 14.9 Å². The number of rotatable bonds is 9. The Balaban J connectivity index is 1.73. The summed E-state index contributed by atoms with van der Waals surface area (Å²) in [6.07, 6.45) is 0. The van der Waals surface area contributed by atoms with Gasteiger partial charge in [-0.2, -0.15) is 0 Å². The van der Waals surface area contributed by atoms with Crippen LogP contribution in [0.4, 0.5) is 0 Å². The zero-order chi connectivity index (χ0) is 22.5. The highest BCUT2D eigenvalue weighted by molar-refractivity contribution is 7.99. The van der Waals surface area contributed by atoms with Gasteiger partial charge >= 0.3 is 5.97 Å². The first-order chi connectivity index (χ1) is 14.7. The summed E-state index contributed by atoms with van der Waals surface area (Å²) in [5, 5.41) is 20.2. The first-order valence-electron chi connectivity index (χ1n) is 9.34. The van der Waals surface area contributed by atoms with Gasteiger partial charge in [-0.1, -0.05) is 42.5 Å². The van der Waals surface area contributed by atoms with E-state index in [1.54, 1.807) is 0 Å². The van der Waals surface area contributed by atoms with Crippen LogP contribution in [-0.4, -0.2) is 48.8 Å². The van der Waals surface area contributed by atoms with Crippen molar-refractivity contribution in [3.05, 3.63) is 78.9 Å². The first kappa shape index (κ1) is 22.9. The maximum absolute atomic E-state index is 12.7. The summed E-state index contributed by atoms with van der Waals surface area (Å²) in [4.78, 5) is 12.4. The third-order valence-corrected chi connectivity index (χ3v) is 7.76. The molecule has 0 aliphatic rings. The molecule has 0 saturated carbocycles. The molecule has 162 valence electrons. The van der Waals surface area contributed by atoms with E-state index in [1.807, 2.05) is 54.6 Å². The van der Waals surface area contributed by atoms with Gasteiger partial charge in [-0.25, -0.2) is 13.2 Å². The summed E-state index contributed by atoms with van der Waals surface area (Å²) in [6, 6.07) is 22.8. The molecule has 1 atom stereocenters. The van der Waals surface area contributed by atoms with Crippen LogP contribution in [0.5, 0.6) is 5.75 Å². The Morgan fingerprint density at radius 2 is 1.52 bits per heavy atom. The smallest absolute Gasteiger partial charge is 0.337 e. The molecule has 0 bridgehead atoms. The lowest BCUT2D eigenvalue weighted by molar-refractivity contribution is -0.153. The lowest BCUT2D eigenvalue weighted by atomic mass is 10.1. The van der Waals surface area contributed by atoms with Crippen molar-refractivity contribution in [2.45, 2.75) is 15.4 Å². The Morgan fingerprint density at radius 1 is 0.935 bits per heavy atom. The number of methoxy groups -OCH3 is 1. The number of aliphatic hydroxyl groups is 1. The number of carboxylic acid groups (broad SMARTS) is 1. The maximum Gasteiger partial charge on any atom is 0.337 e. The number of benzene rings is 3. The van der Waals surface area contributed by atoms with Crippen LogP contribution in [-0.2, 0) is 14.6 Å². The summed E-state index contributed by atoms with van der Waals surface area (Å²) >= 11 is 1.09. The van der Waals surface area contributed by atoms with E-state index in [0.717, 1.165) is 27.8 Å². The van der Waals surface area contributed by atoms with Crippen LogP contribution < -0.4 is 4.74 Å². The van der Waals surface area contributed by atoms with E-state index in [0.29, 0.717) is 5.75 Å². The summed E-state index contributed by atoms with van der Waals surface area (Å²) in [7, 11) is -2.58. The molecule has 0 radical (unpaired) electrons. The molecule has 3 aromatic carbocycles. The minimum atomic E-state index is -4.03. The average Bonchev–Trinajstić information content (AvgIpc) is 2.78. The lowest BCUT2D eigenvalue weighted by Gasteiger charge is -2.23. The largest absolute Gasteiger partial charge is 0.497 e. The molecule has 0 aliphatic carbocycles. The van der Waals surface area contributed by atoms with Crippen molar-refractivity contribution in [3.8, 4) is 16.9 Å². The van der Waals surface area contributed by atoms with Gasteiger partial charge in [0.2, 0.25) is 0 Å². The van der Waals surface area contributed by atoms with Crippen molar-refractivity contribution in [2.75, 3.05) is 18.6 Å². The Kier molecular flexibility index (Phi) is 7.04. The second kappa shape index (κ2) is 9.55. The third-order valence-electron chi connectivity index (χ3n) is 4.68. The molecule has 0 aromatic heterocycles. The van der Waals surface area contributed by atoms with Crippen molar-refractivity contribution < 1.29 is 28.2 Å². The van der Waals surface area contributed by atoms with Gasteiger partial charge in [0.05, 0.1) is 17.8 Å². The highest BCUT2D eigenvalue weighted by Crippen LogP contribution is 2.29. The average molecular weight is 459 g/mol. The van der Waals surface area contributed by atoms with Gasteiger partial charge in [-0.15, -0.1) is 11.8 Å². The SMILES string of the molecule is COc1ccc(S(=O)(=O)CC(O)(CSc2ccc(-c3ccccc3)cc2)C(=O)O)cc1. The molecule has 8 heteroatoms. The Hall–Kier alpha value is -2.81. The topological polar surface area (TPSA) is 101 Å². The number of hydrogen-bond acceptors (Lipinski definition) is 6. The van der Waals surface area contributed by atoms with Crippen molar-refractivity contribution >= 4 is 27.6 Å². The number of sulfone groups is 1. The quantitative estimate of drug-likeness (QED) is 0.471. The minimum Gasteiger partial charge on any atom is -0.497 e. The molecule has 0 amide bonds. The second-order valence-corrected chi connectivity index (χ2v) is 9.99. The van der Waals surface area contributed by atoms with Gasteiger partial charge in [0.25, 0.3) is 0 Å². The summed E-state index contributed by atoms with van der Waals surface area (Å²) in [5.41, 5.74) is -0.395. The normalized spacial score (nSPS) is 13.4. The monoisotopic (exact) mass is 458 g/mol. The molecule has 2 N–H and O–H groups in total. The first-order valence-corrected chi connectivity index (χ1v) is 12.0. The zero-order valence-corrected chi connectivity index (χ0v) is 18.4. The predicted octanol–water partition coefficient (Wildman–Crippen LogP) is 3.74. The number of carbonyl (C=O) groups is 1. The molecule has 0 saturated heterocycles. The molecule has 0 spiro atoms. The summed E-state index contributed by atoms with van der Waals surface area (Å²) in [5.74, 6) is -2.36. The Bertz CT molecular complexity index is 1130. The van der Waals surface area contributed by atoms with E-state index in [9.17, 15) is 23.4 Å². The zero-order valence-electron chi connectivity index (χ0n) is 16.8. The fourth-order valence-corrected chi connectivity index (χ4v) is 5.58. The molecular weight excluding hydrogens is 436 g/mol. The molecular formula is C23H22O6S2. The van der Waals surface area contributed by atoms with Crippen LogP contribution in [0, 0.1) is 0 Å². The van der Waals surface area contributed by atoms with Crippen LogP contribution in [0.2, 0.25) is 0 Å². The summed E-state index contributed by atoms with van der Waals surface area (Å²) < 4.78 is 30.4. The van der Waals surface area contributed by atoms with Gasteiger partial charge in [0.15, 0.2) is 15.4 Å². The van der Waals surface area contributed by atoms with Crippen molar-refractivity contribution in [3.63, 3.8) is 0 Å². The third kappa shape index (κ3) is 5.66. The fourth-order valence-electron chi connectivity index (χ4n) is 2.92. The molecule has 6 nitrogen and oxygen atoms in total. The molecule has 3 rings (SSSR count). The number of carboxylic acids is 1. The van der Waals surface area contributed by atoms with E-state index in [4.69, 9.17) is 4.74 Å². The maximum atomic E-state index is 12.7. The summed E-state index contributed by atoms with van der Waals surface area (Å²) in [6.45, 7) is 0. The highest BCUT2D eigenvalue weighted by atomic mass is 32.2. The molecule has 0 fully saturated rings. The van der Waals surface area contributed by atoms with Gasteiger partial charge in [0, 0.05) is 10.6 Å². The van der Waals surface area contributed by atoms with Crippen molar-refractivity contribution in [1.29, 1.82) is 0 Å². The van der Waals surface area contributed by atoms with Gasteiger partial charge in [-0.05, 0) is 47.5 Å². The molecule has 0 aliphatic heterocycles. The Morgan fingerprint density at radius 3 is 2.06 bits per heavy atom. The fraction of sp³-hybridized carbons (Fsp3) is 0.174. The number of aliphatic carboxylic acids is 1.